The lowest BCUT2D eigenvalue weighted by Gasteiger charge is -2.18. The highest BCUT2D eigenvalue weighted by Gasteiger charge is 2.05. The smallest absolute Gasteiger partial charge is 0.191 e. The summed E-state index contributed by atoms with van der Waals surface area (Å²) in [6.07, 6.45) is 3.77. The zero-order chi connectivity index (χ0) is 18.8. The van der Waals surface area contributed by atoms with E-state index in [0.717, 1.165) is 68.1 Å². The molecule has 7 heteroatoms. The predicted octanol–water partition coefficient (Wildman–Crippen LogP) is 1.98. The minimum Gasteiger partial charge on any atom is -0.385 e. The summed E-state index contributed by atoms with van der Waals surface area (Å²) in [4.78, 5) is 9.69. The minimum atomic E-state index is -0.210. The van der Waals surface area contributed by atoms with Crippen LogP contribution in [0, 0.1) is 5.82 Å². The lowest BCUT2D eigenvalue weighted by Crippen LogP contribution is -2.41. The van der Waals surface area contributed by atoms with Crippen molar-refractivity contribution in [3.8, 4) is 0 Å². The van der Waals surface area contributed by atoms with Crippen LogP contribution in [0.15, 0.2) is 29.4 Å². The van der Waals surface area contributed by atoms with Crippen molar-refractivity contribution < 1.29 is 9.13 Å². The summed E-state index contributed by atoms with van der Waals surface area (Å²) in [5.41, 5.74) is 2.06. The standard InChI is InChI=1S/C19H30FN5O/c1-21-19(23-9-11-25(2)10-4-12-26-3)22-8-7-15-14-24-18-6-5-16(20)13-17(15)18/h5-6,13-14,24H,4,7-12H2,1-3H3,(H2,21,22,23). The van der Waals surface area contributed by atoms with Crippen LogP contribution < -0.4 is 10.6 Å². The van der Waals surface area contributed by atoms with Gasteiger partial charge in [0.2, 0.25) is 0 Å². The lowest BCUT2D eigenvalue weighted by molar-refractivity contribution is 0.180. The number of nitrogens with one attached hydrogen (secondary N) is 3. The third kappa shape index (κ3) is 6.31. The monoisotopic (exact) mass is 363 g/mol. The van der Waals surface area contributed by atoms with Gasteiger partial charge in [0, 0.05) is 64.0 Å². The van der Waals surface area contributed by atoms with Crippen LogP contribution in [0.1, 0.15) is 12.0 Å². The molecule has 0 saturated carbocycles. The fourth-order valence-corrected chi connectivity index (χ4v) is 2.85. The molecule has 0 aliphatic rings. The number of benzene rings is 1. The first-order chi connectivity index (χ1) is 12.6. The summed E-state index contributed by atoms with van der Waals surface area (Å²) >= 11 is 0. The summed E-state index contributed by atoms with van der Waals surface area (Å²) in [6.45, 7) is 4.29. The molecule has 0 atom stereocenters. The molecule has 1 aromatic carbocycles. The quantitative estimate of drug-likeness (QED) is 0.343. The molecule has 0 radical (unpaired) electrons. The number of fused-ring (bicyclic) bond motifs is 1. The number of ether oxygens (including phenoxy) is 1. The van der Waals surface area contributed by atoms with Gasteiger partial charge < -0.3 is 25.3 Å². The topological polar surface area (TPSA) is 64.7 Å². The Hall–Kier alpha value is -2.12. The largest absolute Gasteiger partial charge is 0.385 e. The van der Waals surface area contributed by atoms with Gasteiger partial charge in [0.05, 0.1) is 0 Å². The van der Waals surface area contributed by atoms with Crippen molar-refractivity contribution in [2.24, 2.45) is 4.99 Å². The van der Waals surface area contributed by atoms with Gasteiger partial charge in [-0.3, -0.25) is 4.99 Å². The SMILES string of the molecule is CN=C(NCCc1c[nH]c2ccc(F)cc12)NCCN(C)CCCOC. The van der Waals surface area contributed by atoms with Gasteiger partial charge in [-0.05, 0) is 43.7 Å². The van der Waals surface area contributed by atoms with Gasteiger partial charge in [-0.15, -0.1) is 0 Å². The molecule has 0 aliphatic heterocycles. The number of rotatable bonds is 10. The summed E-state index contributed by atoms with van der Waals surface area (Å²) in [5.74, 6) is 0.569. The van der Waals surface area contributed by atoms with Crippen LogP contribution in [-0.4, -0.2) is 69.8 Å². The van der Waals surface area contributed by atoms with Crippen molar-refractivity contribution in [3.05, 3.63) is 35.8 Å². The molecule has 0 amide bonds. The van der Waals surface area contributed by atoms with E-state index in [1.54, 1.807) is 26.3 Å². The average Bonchev–Trinajstić information content (AvgIpc) is 3.03. The van der Waals surface area contributed by atoms with Gasteiger partial charge in [0.15, 0.2) is 5.96 Å². The highest BCUT2D eigenvalue weighted by Crippen LogP contribution is 2.19. The molecule has 26 heavy (non-hydrogen) atoms. The Morgan fingerprint density at radius 1 is 1.27 bits per heavy atom. The van der Waals surface area contributed by atoms with E-state index < -0.39 is 0 Å². The molecule has 1 aromatic heterocycles. The number of aromatic nitrogens is 1. The maximum atomic E-state index is 13.4. The molecule has 0 bridgehead atoms. The number of guanidine groups is 1. The summed E-state index contributed by atoms with van der Waals surface area (Å²) in [5, 5.41) is 7.56. The zero-order valence-electron chi connectivity index (χ0n) is 15.9. The van der Waals surface area contributed by atoms with Crippen LogP contribution in [0.4, 0.5) is 4.39 Å². The number of methoxy groups -OCH3 is 1. The fourth-order valence-electron chi connectivity index (χ4n) is 2.85. The van der Waals surface area contributed by atoms with Crippen LogP contribution in [-0.2, 0) is 11.2 Å². The molecule has 0 aliphatic carbocycles. The first kappa shape index (κ1) is 20.2. The van der Waals surface area contributed by atoms with Gasteiger partial charge in [-0.2, -0.15) is 0 Å². The van der Waals surface area contributed by atoms with Crippen LogP contribution in [0.2, 0.25) is 0 Å². The van der Waals surface area contributed by atoms with Crippen molar-refractivity contribution in [1.29, 1.82) is 0 Å². The van der Waals surface area contributed by atoms with Gasteiger partial charge in [0.1, 0.15) is 5.82 Å². The van der Waals surface area contributed by atoms with Crippen LogP contribution in [0.3, 0.4) is 0 Å². The Labute approximate surface area is 154 Å². The number of likely N-dealkylation sites (N-methyl/N-ethyl adjacent to an activating group) is 1. The molecule has 1 heterocycles. The van der Waals surface area contributed by atoms with E-state index in [1.807, 2.05) is 6.20 Å². The highest BCUT2D eigenvalue weighted by molar-refractivity contribution is 5.83. The molecular formula is C19H30FN5O. The lowest BCUT2D eigenvalue weighted by atomic mass is 10.1. The van der Waals surface area contributed by atoms with E-state index in [9.17, 15) is 4.39 Å². The second kappa shape index (κ2) is 10.8. The first-order valence-electron chi connectivity index (χ1n) is 9.01. The molecule has 3 N–H and O–H groups in total. The average molecular weight is 363 g/mol. The number of nitrogens with zero attached hydrogens (tertiary/aromatic N) is 2. The maximum Gasteiger partial charge on any atom is 0.191 e. The number of aliphatic imine (C=N–C) groups is 1. The van der Waals surface area contributed by atoms with Crippen molar-refractivity contribution in [3.63, 3.8) is 0 Å². The summed E-state index contributed by atoms with van der Waals surface area (Å²) < 4.78 is 18.5. The van der Waals surface area contributed by atoms with Crippen molar-refractivity contribution in [2.45, 2.75) is 12.8 Å². The predicted molar refractivity (Wildman–Crippen MR) is 105 cm³/mol. The van der Waals surface area contributed by atoms with E-state index in [0.29, 0.717) is 0 Å². The third-order valence-corrected chi connectivity index (χ3v) is 4.31. The molecule has 6 nitrogen and oxygen atoms in total. The van der Waals surface area contributed by atoms with Crippen LogP contribution in [0.25, 0.3) is 10.9 Å². The second-order valence-corrected chi connectivity index (χ2v) is 6.33. The Bertz CT molecular complexity index is 700. The van der Waals surface area contributed by atoms with Gasteiger partial charge in [-0.25, -0.2) is 4.39 Å². The minimum absolute atomic E-state index is 0.210. The van der Waals surface area contributed by atoms with Gasteiger partial charge in [-0.1, -0.05) is 0 Å². The highest BCUT2D eigenvalue weighted by atomic mass is 19.1. The van der Waals surface area contributed by atoms with Crippen molar-refractivity contribution in [2.75, 3.05) is 54.0 Å². The Balaban J connectivity index is 1.71. The maximum absolute atomic E-state index is 13.4. The number of hydrogen-bond donors (Lipinski definition) is 3. The molecule has 2 aromatic rings. The number of aromatic amines is 1. The Morgan fingerprint density at radius 3 is 2.85 bits per heavy atom. The number of hydrogen-bond acceptors (Lipinski definition) is 3. The summed E-state index contributed by atoms with van der Waals surface area (Å²) in [7, 11) is 5.59. The molecule has 0 fully saturated rings. The van der Waals surface area contributed by atoms with Gasteiger partial charge in [0.25, 0.3) is 0 Å². The van der Waals surface area contributed by atoms with Crippen LogP contribution >= 0.6 is 0 Å². The van der Waals surface area contributed by atoms with Gasteiger partial charge >= 0.3 is 0 Å². The van der Waals surface area contributed by atoms with E-state index in [4.69, 9.17) is 4.74 Å². The number of H-pyrrole nitrogens is 1. The third-order valence-electron chi connectivity index (χ3n) is 4.31. The Kier molecular flexibility index (Phi) is 8.37. The second-order valence-electron chi connectivity index (χ2n) is 6.33. The Morgan fingerprint density at radius 2 is 2.08 bits per heavy atom. The van der Waals surface area contributed by atoms with E-state index in [1.165, 1.54) is 6.07 Å². The molecule has 0 unspecified atom stereocenters. The normalized spacial score (nSPS) is 12.1. The molecular weight excluding hydrogens is 333 g/mol. The van der Waals surface area contributed by atoms with Crippen LogP contribution in [0.5, 0.6) is 0 Å². The molecule has 2 rings (SSSR count). The van der Waals surface area contributed by atoms with Crippen molar-refractivity contribution >= 4 is 16.9 Å². The molecule has 0 saturated heterocycles. The van der Waals surface area contributed by atoms with E-state index in [-0.39, 0.29) is 5.82 Å². The molecule has 0 spiro atoms. The molecule has 144 valence electrons. The summed E-state index contributed by atoms with van der Waals surface area (Å²) in [6, 6.07) is 4.82. The van der Waals surface area contributed by atoms with Crippen molar-refractivity contribution in [1.82, 2.24) is 20.5 Å². The zero-order valence-corrected chi connectivity index (χ0v) is 15.9. The number of halogens is 1. The first-order valence-corrected chi connectivity index (χ1v) is 9.01. The van der Waals surface area contributed by atoms with E-state index in [2.05, 4.69) is 32.6 Å². The van der Waals surface area contributed by atoms with E-state index >= 15 is 0 Å². The fraction of sp³-hybridized carbons (Fsp3) is 0.526.